The van der Waals surface area contributed by atoms with Crippen LogP contribution in [0.5, 0.6) is 0 Å². The highest BCUT2D eigenvalue weighted by atomic mass is 32.2. The van der Waals surface area contributed by atoms with Gasteiger partial charge in [-0.25, -0.2) is 13.1 Å². The van der Waals surface area contributed by atoms with E-state index in [1.807, 2.05) is 79.9 Å². The summed E-state index contributed by atoms with van der Waals surface area (Å²) in [4.78, 5) is 0.311. The molecule has 2 heterocycles. The molecular weight excluding hydrogens is 408 g/mol. The van der Waals surface area contributed by atoms with E-state index in [1.165, 1.54) is 9.87 Å². The van der Waals surface area contributed by atoms with Crippen LogP contribution in [0.25, 0.3) is 22.4 Å². The minimum absolute atomic E-state index is 0.00781. The standard InChI is InChI=1S/C24H22N4O2S/c1-18-7-9-19(10-8-18)20-11-13-23(14-12-20)31(29,30)27-15-22(16-27)28-17-24(25-26-28)21-5-3-2-4-6-21/h2-14,17,22H,15-16H2,1H3. The Bertz CT molecular complexity index is 1290. The normalized spacial score (nSPS) is 15.0. The predicted octanol–water partition coefficient (Wildman–Crippen LogP) is 4.17. The van der Waals surface area contributed by atoms with Gasteiger partial charge in [0, 0.05) is 18.7 Å². The van der Waals surface area contributed by atoms with Gasteiger partial charge in [0.25, 0.3) is 0 Å². The van der Waals surface area contributed by atoms with Gasteiger partial charge < -0.3 is 0 Å². The Balaban J connectivity index is 1.27. The monoisotopic (exact) mass is 430 g/mol. The lowest BCUT2D eigenvalue weighted by atomic mass is 10.0. The summed E-state index contributed by atoms with van der Waals surface area (Å²) in [7, 11) is -3.52. The lowest BCUT2D eigenvalue weighted by Gasteiger charge is -2.37. The Hall–Kier alpha value is -3.29. The Morgan fingerprint density at radius 1 is 0.806 bits per heavy atom. The Labute approximate surface area is 181 Å². The Morgan fingerprint density at radius 2 is 1.42 bits per heavy atom. The van der Waals surface area contributed by atoms with Gasteiger partial charge in [-0.3, -0.25) is 0 Å². The maximum absolute atomic E-state index is 13.0. The molecule has 6 nitrogen and oxygen atoms in total. The summed E-state index contributed by atoms with van der Waals surface area (Å²) in [5.74, 6) is 0. The first kappa shape index (κ1) is 19.7. The third-order valence-electron chi connectivity index (χ3n) is 5.66. The molecule has 0 N–H and O–H groups in total. The summed E-state index contributed by atoms with van der Waals surface area (Å²) in [5.41, 5.74) is 5.04. The Kier molecular flexibility index (Phi) is 4.92. The first-order chi connectivity index (χ1) is 15.0. The summed E-state index contributed by atoms with van der Waals surface area (Å²) in [6, 6.07) is 25.1. The number of hydrogen-bond acceptors (Lipinski definition) is 4. The minimum atomic E-state index is -3.52. The van der Waals surface area contributed by atoms with Crippen molar-refractivity contribution in [2.75, 3.05) is 13.1 Å². The molecule has 5 rings (SSSR count). The van der Waals surface area contributed by atoms with Gasteiger partial charge >= 0.3 is 0 Å². The number of rotatable bonds is 5. The van der Waals surface area contributed by atoms with Crippen LogP contribution >= 0.6 is 0 Å². The molecule has 1 saturated heterocycles. The summed E-state index contributed by atoms with van der Waals surface area (Å²) in [6.45, 7) is 2.82. The molecular formula is C24H22N4O2S. The average Bonchev–Trinajstić information content (AvgIpc) is 3.23. The van der Waals surface area contributed by atoms with Gasteiger partial charge in [-0.1, -0.05) is 77.5 Å². The molecule has 0 atom stereocenters. The highest BCUT2D eigenvalue weighted by Gasteiger charge is 2.38. The highest BCUT2D eigenvalue weighted by Crippen LogP contribution is 2.30. The van der Waals surface area contributed by atoms with Crippen molar-refractivity contribution in [3.05, 3.63) is 90.6 Å². The molecule has 0 amide bonds. The lowest BCUT2D eigenvalue weighted by molar-refractivity contribution is 0.189. The fourth-order valence-corrected chi connectivity index (χ4v) is 5.21. The van der Waals surface area contributed by atoms with E-state index >= 15 is 0 Å². The summed E-state index contributed by atoms with van der Waals surface area (Å²) in [6.07, 6.45) is 1.88. The number of hydrogen-bond donors (Lipinski definition) is 0. The van der Waals surface area contributed by atoms with Crippen LogP contribution in [-0.2, 0) is 10.0 Å². The topological polar surface area (TPSA) is 68.1 Å². The molecule has 1 aliphatic rings. The second kappa shape index (κ2) is 7.76. The van der Waals surface area contributed by atoms with Gasteiger partial charge in [0.15, 0.2) is 0 Å². The molecule has 4 aromatic rings. The molecule has 0 bridgehead atoms. The van der Waals surface area contributed by atoms with Gasteiger partial charge in [-0.05, 0) is 30.2 Å². The van der Waals surface area contributed by atoms with Crippen LogP contribution in [0.4, 0.5) is 0 Å². The van der Waals surface area contributed by atoms with Gasteiger partial charge in [-0.2, -0.15) is 4.31 Å². The quantitative estimate of drug-likeness (QED) is 0.477. The first-order valence-electron chi connectivity index (χ1n) is 10.2. The first-order valence-corrected chi connectivity index (χ1v) is 11.6. The van der Waals surface area contributed by atoms with E-state index in [4.69, 9.17) is 0 Å². The fraction of sp³-hybridized carbons (Fsp3) is 0.167. The smallest absolute Gasteiger partial charge is 0.243 e. The van der Waals surface area contributed by atoms with E-state index in [-0.39, 0.29) is 6.04 Å². The van der Waals surface area contributed by atoms with Crippen molar-refractivity contribution in [1.29, 1.82) is 0 Å². The molecule has 0 saturated carbocycles. The predicted molar refractivity (Wildman–Crippen MR) is 120 cm³/mol. The zero-order valence-corrected chi connectivity index (χ0v) is 17.9. The molecule has 1 aliphatic heterocycles. The third-order valence-corrected chi connectivity index (χ3v) is 7.51. The minimum Gasteiger partial charge on any atom is -0.246 e. The fourth-order valence-electron chi connectivity index (χ4n) is 3.69. The lowest BCUT2D eigenvalue weighted by Crippen LogP contribution is -2.50. The number of nitrogens with zero attached hydrogens (tertiary/aromatic N) is 4. The van der Waals surface area contributed by atoms with Crippen molar-refractivity contribution >= 4 is 10.0 Å². The molecule has 7 heteroatoms. The Morgan fingerprint density at radius 3 is 2.06 bits per heavy atom. The van der Waals surface area contributed by atoms with Gasteiger partial charge in [0.2, 0.25) is 10.0 Å². The van der Waals surface area contributed by atoms with Crippen LogP contribution in [0.2, 0.25) is 0 Å². The van der Waals surface area contributed by atoms with E-state index in [9.17, 15) is 8.42 Å². The SMILES string of the molecule is Cc1ccc(-c2ccc(S(=O)(=O)N3CC(n4cc(-c5ccccc5)nn4)C3)cc2)cc1. The van der Waals surface area contributed by atoms with Gasteiger partial charge in [-0.15, -0.1) is 5.10 Å². The van der Waals surface area contributed by atoms with Crippen LogP contribution in [-0.4, -0.2) is 40.8 Å². The average molecular weight is 431 g/mol. The van der Waals surface area contributed by atoms with Crippen LogP contribution in [0.15, 0.2) is 90.0 Å². The zero-order chi connectivity index (χ0) is 21.4. The van der Waals surface area contributed by atoms with Crippen molar-refractivity contribution in [3.8, 4) is 22.4 Å². The van der Waals surface area contributed by atoms with E-state index < -0.39 is 10.0 Å². The molecule has 0 radical (unpaired) electrons. The van der Waals surface area contributed by atoms with Crippen molar-refractivity contribution in [2.45, 2.75) is 17.9 Å². The van der Waals surface area contributed by atoms with Crippen molar-refractivity contribution < 1.29 is 8.42 Å². The van der Waals surface area contributed by atoms with Crippen molar-refractivity contribution in [3.63, 3.8) is 0 Å². The molecule has 3 aromatic carbocycles. The number of benzene rings is 3. The van der Waals surface area contributed by atoms with E-state index in [0.29, 0.717) is 18.0 Å². The molecule has 1 aromatic heterocycles. The van der Waals surface area contributed by atoms with Crippen molar-refractivity contribution in [1.82, 2.24) is 19.3 Å². The molecule has 31 heavy (non-hydrogen) atoms. The zero-order valence-electron chi connectivity index (χ0n) is 17.1. The summed E-state index contributed by atoms with van der Waals surface area (Å²) < 4.78 is 29.2. The summed E-state index contributed by atoms with van der Waals surface area (Å²) >= 11 is 0. The second-order valence-electron chi connectivity index (χ2n) is 7.82. The van der Waals surface area contributed by atoms with Crippen LogP contribution < -0.4 is 0 Å². The maximum atomic E-state index is 13.0. The number of aromatic nitrogens is 3. The van der Waals surface area contributed by atoms with Crippen LogP contribution in [0.3, 0.4) is 0 Å². The largest absolute Gasteiger partial charge is 0.246 e. The van der Waals surface area contributed by atoms with E-state index in [1.54, 1.807) is 16.8 Å². The highest BCUT2D eigenvalue weighted by molar-refractivity contribution is 7.89. The molecule has 0 unspecified atom stereocenters. The molecule has 0 spiro atoms. The maximum Gasteiger partial charge on any atom is 0.243 e. The van der Waals surface area contributed by atoms with Gasteiger partial charge in [0.05, 0.1) is 17.1 Å². The van der Waals surface area contributed by atoms with E-state index in [2.05, 4.69) is 10.3 Å². The number of sulfonamides is 1. The molecule has 156 valence electrons. The van der Waals surface area contributed by atoms with Crippen LogP contribution in [0.1, 0.15) is 11.6 Å². The molecule has 1 fully saturated rings. The van der Waals surface area contributed by atoms with Gasteiger partial charge in [0.1, 0.15) is 5.69 Å². The second-order valence-corrected chi connectivity index (χ2v) is 9.75. The van der Waals surface area contributed by atoms with Crippen molar-refractivity contribution in [2.24, 2.45) is 0 Å². The van der Waals surface area contributed by atoms with Crippen LogP contribution in [0, 0.1) is 6.92 Å². The number of aryl methyl sites for hydroxylation is 1. The van der Waals surface area contributed by atoms with E-state index in [0.717, 1.165) is 22.4 Å². The molecule has 0 aliphatic carbocycles. The summed E-state index contributed by atoms with van der Waals surface area (Å²) in [5, 5.41) is 8.42. The third kappa shape index (κ3) is 3.78.